The number of hydrogen-bond donors (Lipinski definition) is 0. The fourth-order valence-corrected chi connectivity index (χ4v) is 5.98. The molecule has 0 spiro atoms. The Kier molecular flexibility index (Phi) is 4.74. The Morgan fingerprint density at radius 2 is 0.882 bits per heavy atom. The van der Waals surface area contributed by atoms with Crippen LogP contribution in [0.3, 0.4) is 0 Å². The summed E-state index contributed by atoms with van der Waals surface area (Å²) in [6, 6.07) is 39.5. The Hall–Kier alpha value is -3.64. The summed E-state index contributed by atoms with van der Waals surface area (Å²) in [4.78, 5) is 0. The first kappa shape index (κ1) is 20.9. The van der Waals surface area contributed by atoms with Crippen molar-refractivity contribution in [2.24, 2.45) is 16.7 Å². The molecular weight excluding hydrogens is 408 g/mol. The number of fused-ring (bicyclic) bond motifs is 2. The van der Waals surface area contributed by atoms with Crippen molar-refractivity contribution in [3.05, 3.63) is 132 Å². The summed E-state index contributed by atoms with van der Waals surface area (Å²) in [5, 5.41) is 0. The Balaban J connectivity index is 1.31. The van der Waals surface area contributed by atoms with Crippen LogP contribution in [0.1, 0.15) is 31.9 Å². The van der Waals surface area contributed by atoms with Crippen molar-refractivity contribution < 1.29 is 0 Å². The lowest BCUT2D eigenvalue weighted by atomic mass is 9.66. The standard InChI is InChI=1S/C34H30/c1-33(2)32-22-31(29-20-16-27(17-21-29)25-12-8-5-9-13-25)34(33,3)23-30(32)28-18-14-26(15-19-28)24-10-6-4-7-11-24/h4-23,32H,1-3H3/t32-,34-/m1/s1. The van der Waals surface area contributed by atoms with Crippen LogP contribution in [-0.4, -0.2) is 0 Å². The van der Waals surface area contributed by atoms with E-state index >= 15 is 0 Å². The third-order valence-corrected chi connectivity index (χ3v) is 8.42. The zero-order valence-electron chi connectivity index (χ0n) is 20.1. The molecule has 2 atom stereocenters. The van der Waals surface area contributed by atoms with E-state index in [0.29, 0.717) is 5.92 Å². The molecule has 0 amide bonds. The van der Waals surface area contributed by atoms with E-state index in [1.165, 1.54) is 44.5 Å². The predicted octanol–water partition coefficient (Wildman–Crippen LogP) is 9.16. The van der Waals surface area contributed by atoms with Gasteiger partial charge in [0.25, 0.3) is 0 Å². The largest absolute Gasteiger partial charge is 0.0717 e. The molecule has 0 aliphatic heterocycles. The highest BCUT2D eigenvalue weighted by atomic mass is 14.6. The van der Waals surface area contributed by atoms with E-state index in [1.807, 2.05) is 0 Å². The monoisotopic (exact) mass is 438 g/mol. The highest BCUT2D eigenvalue weighted by Gasteiger charge is 2.57. The van der Waals surface area contributed by atoms with E-state index in [9.17, 15) is 0 Å². The maximum absolute atomic E-state index is 2.55. The molecule has 0 radical (unpaired) electrons. The van der Waals surface area contributed by atoms with Gasteiger partial charge in [-0.1, -0.05) is 142 Å². The van der Waals surface area contributed by atoms with Gasteiger partial charge in [-0.3, -0.25) is 0 Å². The van der Waals surface area contributed by atoms with Crippen LogP contribution in [0.25, 0.3) is 33.4 Å². The zero-order valence-corrected chi connectivity index (χ0v) is 20.1. The van der Waals surface area contributed by atoms with Crippen molar-refractivity contribution in [2.45, 2.75) is 20.8 Å². The molecule has 2 aliphatic carbocycles. The normalized spacial score (nSPS) is 22.4. The van der Waals surface area contributed by atoms with Crippen molar-refractivity contribution in [3.63, 3.8) is 0 Å². The maximum atomic E-state index is 2.55. The topological polar surface area (TPSA) is 0 Å². The van der Waals surface area contributed by atoms with Crippen LogP contribution in [0.5, 0.6) is 0 Å². The average molecular weight is 439 g/mol. The van der Waals surface area contributed by atoms with E-state index in [1.54, 1.807) is 0 Å². The van der Waals surface area contributed by atoms with Gasteiger partial charge in [-0.25, -0.2) is 0 Å². The summed E-state index contributed by atoms with van der Waals surface area (Å²) in [5.74, 6) is 0.420. The van der Waals surface area contributed by atoms with Crippen LogP contribution < -0.4 is 0 Å². The molecular formula is C34H30. The molecule has 0 unspecified atom stereocenters. The van der Waals surface area contributed by atoms with Crippen molar-refractivity contribution >= 4 is 11.1 Å². The Labute approximate surface area is 203 Å². The third kappa shape index (κ3) is 3.13. The number of rotatable bonds is 4. The number of hydrogen-bond acceptors (Lipinski definition) is 0. The molecule has 0 N–H and O–H groups in total. The minimum Gasteiger partial charge on any atom is -0.0717 e. The van der Waals surface area contributed by atoms with Crippen LogP contribution in [0.4, 0.5) is 0 Å². The highest BCUT2D eigenvalue weighted by molar-refractivity contribution is 5.89. The predicted molar refractivity (Wildman–Crippen MR) is 145 cm³/mol. The van der Waals surface area contributed by atoms with Gasteiger partial charge in [0.15, 0.2) is 0 Å². The number of benzene rings is 4. The SMILES string of the molecule is CC1(C)[C@@H]2C=C(c3ccc(-c4ccccc4)cc3)[C@@]1(C)C=C2c1ccc(-c2ccccc2)cc1. The van der Waals surface area contributed by atoms with Gasteiger partial charge in [0.1, 0.15) is 0 Å². The summed E-state index contributed by atoms with van der Waals surface area (Å²) in [6.45, 7) is 7.29. The van der Waals surface area contributed by atoms with Gasteiger partial charge in [-0.15, -0.1) is 0 Å². The molecule has 34 heavy (non-hydrogen) atoms. The van der Waals surface area contributed by atoms with Crippen LogP contribution in [0.15, 0.2) is 121 Å². The zero-order chi connectivity index (χ0) is 23.3. The molecule has 166 valence electrons. The smallest absolute Gasteiger partial charge is 0.0173 e. The summed E-state index contributed by atoms with van der Waals surface area (Å²) < 4.78 is 0. The van der Waals surface area contributed by atoms with E-state index in [4.69, 9.17) is 0 Å². The molecule has 4 aromatic carbocycles. The first-order valence-electron chi connectivity index (χ1n) is 12.2. The fourth-order valence-electron chi connectivity index (χ4n) is 5.98. The second-order valence-corrected chi connectivity index (χ2v) is 10.5. The second kappa shape index (κ2) is 7.71. The molecule has 0 nitrogen and oxygen atoms in total. The quantitative estimate of drug-likeness (QED) is 0.298. The van der Waals surface area contributed by atoms with Crippen LogP contribution in [0.2, 0.25) is 0 Å². The fraction of sp³-hybridized carbons (Fsp3) is 0.176. The Morgan fingerprint density at radius 3 is 1.32 bits per heavy atom. The molecule has 0 saturated heterocycles. The first-order chi connectivity index (χ1) is 16.5. The van der Waals surface area contributed by atoms with Crippen molar-refractivity contribution in [1.29, 1.82) is 0 Å². The highest BCUT2D eigenvalue weighted by Crippen LogP contribution is 2.68. The Morgan fingerprint density at radius 1 is 0.471 bits per heavy atom. The molecule has 2 bridgehead atoms. The summed E-state index contributed by atoms with van der Waals surface area (Å²) in [5.41, 5.74) is 10.9. The van der Waals surface area contributed by atoms with Gasteiger partial charge < -0.3 is 0 Å². The van der Waals surface area contributed by atoms with Crippen molar-refractivity contribution in [3.8, 4) is 22.3 Å². The van der Waals surface area contributed by atoms with E-state index in [2.05, 4.69) is 142 Å². The lowest BCUT2D eigenvalue weighted by molar-refractivity contribution is 0.216. The van der Waals surface area contributed by atoms with E-state index < -0.39 is 0 Å². The lowest BCUT2D eigenvalue weighted by Crippen LogP contribution is -2.30. The molecule has 2 aliphatic rings. The van der Waals surface area contributed by atoms with Crippen LogP contribution in [0, 0.1) is 16.7 Å². The molecule has 0 heteroatoms. The molecule has 0 fully saturated rings. The van der Waals surface area contributed by atoms with Crippen molar-refractivity contribution in [1.82, 2.24) is 0 Å². The minimum atomic E-state index is 0.0133. The van der Waals surface area contributed by atoms with Crippen molar-refractivity contribution in [2.75, 3.05) is 0 Å². The van der Waals surface area contributed by atoms with Gasteiger partial charge >= 0.3 is 0 Å². The van der Waals surface area contributed by atoms with Gasteiger partial charge in [-0.05, 0) is 49.9 Å². The summed E-state index contributed by atoms with van der Waals surface area (Å²) >= 11 is 0. The first-order valence-corrected chi connectivity index (χ1v) is 12.2. The summed E-state index contributed by atoms with van der Waals surface area (Å²) in [7, 11) is 0. The second-order valence-electron chi connectivity index (χ2n) is 10.5. The van der Waals surface area contributed by atoms with Gasteiger partial charge in [0.2, 0.25) is 0 Å². The molecule has 0 saturated carbocycles. The lowest BCUT2D eigenvalue weighted by Gasteiger charge is -2.37. The Bertz CT molecular complexity index is 1380. The van der Waals surface area contributed by atoms with Gasteiger partial charge in [-0.2, -0.15) is 0 Å². The van der Waals surface area contributed by atoms with E-state index in [0.717, 1.165) is 0 Å². The minimum absolute atomic E-state index is 0.0133. The molecule has 0 heterocycles. The molecule has 6 rings (SSSR count). The maximum Gasteiger partial charge on any atom is 0.0173 e. The third-order valence-electron chi connectivity index (χ3n) is 8.42. The molecule has 4 aromatic rings. The van der Waals surface area contributed by atoms with Gasteiger partial charge in [0.05, 0.1) is 0 Å². The number of allylic oxidation sites excluding steroid dienone is 4. The summed E-state index contributed by atoms with van der Waals surface area (Å²) in [6.07, 6.45) is 5.09. The molecule has 0 aromatic heterocycles. The van der Waals surface area contributed by atoms with E-state index in [-0.39, 0.29) is 10.8 Å². The van der Waals surface area contributed by atoms with Crippen LogP contribution >= 0.6 is 0 Å². The van der Waals surface area contributed by atoms with Crippen LogP contribution in [-0.2, 0) is 0 Å². The average Bonchev–Trinajstić information content (AvgIpc) is 3.22. The van der Waals surface area contributed by atoms with Gasteiger partial charge in [0, 0.05) is 11.3 Å².